The minimum absolute atomic E-state index is 0.0411. The molecule has 1 amide bonds. The van der Waals surface area contributed by atoms with Crippen molar-refractivity contribution in [1.82, 2.24) is 10.2 Å². The van der Waals surface area contributed by atoms with E-state index in [1.165, 1.54) is 0 Å². The van der Waals surface area contributed by atoms with E-state index in [-0.39, 0.29) is 11.9 Å². The van der Waals surface area contributed by atoms with Gasteiger partial charge in [0.2, 0.25) is 5.91 Å². The Morgan fingerprint density at radius 2 is 1.59 bits per heavy atom. The Morgan fingerprint density at radius 3 is 2.18 bits per heavy atom. The number of ether oxygens (including phenoxy) is 3. The van der Waals surface area contributed by atoms with Crippen LogP contribution in [0.1, 0.15) is 39.3 Å². The van der Waals surface area contributed by atoms with Crippen LogP contribution in [0.25, 0.3) is 0 Å². The zero-order chi connectivity index (χ0) is 24.5. The molecule has 0 aromatic heterocycles. The quantitative estimate of drug-likeness (QED) is 0.534. The van der Waals surface area contributed by atoms with Crippen LogP contribution in [0, 0.1) is 5.92 Å². The zero-order valence-corrected chi connectivity index (χ0v) is 21.2. The summed E-state index contributed by atoms with van der Waals surface area (Å²) in [5.41, 5.74) is 2.26. The summed E-state index contributed by atoms with van der Waals surface area (Å²) in [5.74, 6) is 2.80. The smallest absolute Gasteiger partial charge is 0.236 e. The lowest BCUT2D eigenvalue weighted by molar-refractivity contribution is -0.130. The molecule has 0 radical (unpaired) electrons. The third kappa shape index (κ3) is 6.56. The molecule has 1 N–H and O–H groups in total. The minimum Gasteiger partial charge on any atom is -0.497 e. The molecule has 1 saturated heterocycles. The van der Waals surface area contributed by atoms with Gasteiger partial charge in [-0.3, -0.25) is 4.79 Å². The highest BCUT2D eigenvalue weighted by atomic mass is 16.5. The van der Waals surface area contributed by atoms with Crippen LogP contribution >= 0.6 is 0 Å². The number of hydrogen-bond acceptors (Lipinski definition) is 6. The predicted molar refractivity (Wildman–Crippen MR) is 136 cm³/mol. The number of methoxy groups -OCH3 is 1. The first-order valence-corrected chi connectivity index (χ1v) is 12.3. The SMILES string of the molecule is CCOc1ccc([C@H](NCC(=O)N2CCN(c3ccc(OC)cc3)CC2)C(C)C)cc1OCC. The van der Waals surface area contributed by atoms with Crippen molar-refractivity contribution >= 4 is 11.6 Å². The summed E-state index contributed by atoms with van der Waals surface area (Å²) in [6.07, 6.45) is 0. The molecule has 1 atom stereocenters. The number of benzene rings is 2. The average molecular weight is 470 g/mol. The van der Waals surface area contributed by atoms with Crippen LogP contribution in [0.5, 0.6) is 17.2 Å². The van der Waals surface area contributed by atoms with Gasteiger partial charge in [0.05, 0.1) is 26.9 Å². The zero-order valence-electron chi connectivity index (χ0n) is 21.2. The summed E-state index contributed by atoms with van der Waals surface area (Å²) in [7, 11) is 1.67. The lowest BCUT2D eigenvalue weighted by Gasteiger charge is -2.36. The number of hydrogen-bond donors (Lipinski definition) is 1. The topological polar surface area (TPSA) is 63.3 Å². The molecule has 1 aliphatic rings. The third-order valence-corrected chi connectivity index (χ3v) is 6.14. The molecule has 0 aliphatic carbocycles. The number of nitrogens with one attached hydrogen (secondary N) is 1. The van der Waals surface area contributed by atoms with E-state index in [2.05, 4.69) is 42.3 Å². The highest BCUT2D eigenvalue weighted by Gasteiger charge is 2.24. The third-order valence-electron chi connectivity index (χ3n) is 6.14. The maximum Gasteiger partial charge on any atom is 0.236 e. The molecule has 7 nitrogen and oxygen atoms in total. The number of anilines is 1. The highest BCUT2D eigenvalue weighted by molar-refractivity contribution is 5.78. The van der Waals surface area contributed by atoms with Crippen molar-refractivity contribution in [2.45, 2.75) is 33.7 Å². The molecule has 1 heterocycles. The normalized spacial score (nSPS) is 14.8. The molecule has 34 heavy (non-hydrogen) atoms. The fourth-order valence-corrected chi connectivity index (χ4v) is 4.32. The van der Waals surface area contributed by atoms with Crippen LogP contribution in [0.2, 0.25) is 0 Å². The fraction of sp³-hybridized carbons (Fsp3) is 0.519. The van der Waals surface area contributed by atoms with Crippen LogP contribution in [-0.4, -0.2) is 63.9 Å². The molecular formula is C27H39N3O4. The molecule has 186 valence electrons. The van der Waals surface area contributed by atoms with E-state index in [0.29, 0.717) is 25.7 Å². The molecule has 1 fully saturated rings. The van der Waals surface area contributed by atoms with Gasteiger partial charge in [-0.2, -0.15) is 0 Å². The summed E-state index contributed by atoms with van der Waals surface area (Å²) in [5, 5.41) is 3.49. The van der Waals surface area contributed by atoms with Gasteiger partial charge in [-0.15, -0.1) is 0 Å². The first-order valence-electron chi connectivity index (χ1n) is 12.3. The lowest BCUT2D eigenvalue weighted by Crippen LogP contribution is -2.51. The maximum absolute atomic E-state index is 13.0. The van der Waals surface area contributed by atoms with Crippen molar-refractivity contribution in [2.24, 2.45) is 5.92 Å². The first kappa shape index (κ1) is 25.7. The number of rotatable bonds is 11. The van der Waals surface area contributed by atoms with Crippen LogP contribution in [0.4, 0.5) is 5.69 Å². The number of amides is 1. The Morgan fingerprint density at radius 1 is 0.941 bits per heavy atom. The van der Waals surface area contributed by atoms with Gasteiger partial charge in [-0.25, -0.2) is 0 Å². The molecule has 1 aliphatic heterocycles. The summed E-state index contributed by atoms with van der Waals surface area (Å²) in [4.78, 5) is 17.2. The lowest BCUT2D eigenvalue weighted by atomic mass is 9.95. The second-order valence-corrected chi connectivity index (χ2v) is 8.74. The molecule has 0 bridgehead atoms. The van der Waals surface area contributed by atoms with E-state index in [9.17, 15) is 4.79 Å². The maximum atomic E-state index is 13.0. The largest absolute Gasteiger partial charge is 0.497 e. The van der Waals surface area contributed by atoms with Crippen LogP contribution < -0.4 is 24.4 Å². The fourth-order valence-electron chi connectivity index (χ4n) is 4.32. The number of nitrogens with zero attached hydrogens (tertiary/aromatic N) is 2. The van der Waals surface area contributed by atoms with Gasteiger partial charge in [-0.1, -0.05) is 19.9 Å². The molecule has 2 aromatic rings. The van der Waals surface area contributed by atoms with E-state index >= 15 is 0 Å². The van der Waals surface area contributed by atoms with E-state index in [1.54, 1.807) is 7.11 Å². The molecule has 0 unspecified atom stereocenters. The minimum atomic E-state index is 0.0411. The Labute approximate surface area is 204 Å². The monoisotopic (exact) mass is 469 g/mol. The highest BCUT2D eigenvalue weighted by Crippen LogP contribution is 2.33. The Kier molecular flexibility index (Phi) is 9.45. The van der Waals surface area contributed by atoms with Gasteiger partial charge in [0.25, 0.3) is 0 Å². The molecule has 3 rings (SSSR count). The molecule has 0 spiro atoms. The van der Waals surface area contributed by atoms with Crippen molar-refractivity contribution in [1.29, 1.82) is 0 Å². The van der Waals surface area contributed by atoms with Crippen LogP contribution in [0.3, 0.4) is 0 Å². The van der Waals surface area contributed by atoms with E-state index in [4.69, 9.17) is 14.2 Å². The second-order valence-electron chi connectivity index (χ2n) is 8.74. The number of carbonyl (C=O) groups excluding carboxylic acids is 1. The van der Waals surface area contributed by atoms with Gasteiger partial charge >= 0.3 is 0 Å². The Hall–Kier alpha value is -2.93. The van der Waals surface area contributed by atoms with Crippen molar-refractivity contribution < 1.29 is 19.0 Å². The number of carbonyl (C=O) groups is 1. The van der Waals surface area contributed by atoms with E-state index < -0.39 is 0 Å². The van der Waals surface area contributed by atoms with Crippen LogP contribution in [-0.2, 0) is 4.79 Å². The molecule has 2 aromatic carbocycles. The van der Waals surface area contributed by atoms with Gasteiger partial charge in [0.15, 0.2) is 11.5 Å². The number of piperazine rings is 1. The van der Waals surface area contributed by atoms with Crippen LogP contribution in [0.15, 0.2) is 42.5 Å². The molecule has 7 heteroatoms. The van der Waals surface area contributed by atoms with Gasteiger partial charge in [0.1, 0.15) is 5.75 Å². The van der Waals surface area contributed by atoms with Gasteiger partial charge in [-0.05, 0) is 61.7 Å². The average Bonchev–Trinajstić information content (AvgIpc) is 2.85. The van der Waals surface area contributed by atoms with E-state index in [0.717, 1.165) is 54.7 Å². The summed E-state index contributed by atoms with van der Waals surface area (Å²) >= 11 is 0. The standard InChI is InChI=1S/C27H39N3O4/c1-6-33-24-13-8-21(18-25(24)34-7-2)27(20(3)4)28-19-26(31)30-16-14-29(15-17-30)22-9-11-23(32-5)12-10-22/h8-13,18,20,27-28H,6-7,14-17,19H2,1-5H3/t27-/m1/s1. The summed E-state index contributed by atoms with van der Waals surface area (Å²) in [6, 6.07) is 14.2. The van der Waals surface area contributed by atoms with Crippen molar-refractivity contribution in [3.63, 3.8) is 0 Å². The van der Waals surface area contributed by atoms with Gasteiger partial charge < -0.3 is 29.3 Å². The van der Waals surface area contributed by atoms with Crippen molar-refractivity contribution in [3.05, 3.63) is 48.0 Å². The van der Waals surface area contributed by atoms with Crippen molar-refractivity contribution in [3.8, 4) is 17.2 Å². The van der Waals surface area contributed by atoms with Crippen molar-refractivity contribution in [2.75, 3.05) is 57.9 Å². The Balaban J connectivity index is 1.57. The first-order chi connectivity index (χ1) is 16.5. The summed E-state index contributed by atoms with van der Waals surface area (Å²) < 4.78 is 16.7. The Bertz CT molecular complexity index is 909. The summed E-state index contributed by atoms with van der Waals surface area (Å²) in [6.45, 7) is 12.8. The second kappa shape index (κ2) is 12.5. The molecule has 0 saturated carbocycles. The van der Waals surface area contributed by atoms with E-state index in [1.807, 2.05) is 43.0 Å². The predicted octanol–water partition coefficient (Wildman–Crippen LogP) is 4.13. The molecular weight excluding hydrogens is 430 g/mol. The van der Waals surface area contributed by atoms with Gasteiger partial charge in [0, 0.05) is 37.9 Å².